The predicted octanol–water partition coefficient (Wildman–Crippen LogP) is 7.95. The zero-order valence-electron chi connectivity index (χ0n) is 26.0. The van der Waals surface area contributed by atoms with Crippen molar-refractivity contribution in [3.8, 4) is 6.07 Å². The van der Waals surface area contributed by atoms with Gasteiger partial charge in [-0.25, -0.2) is 14.1 Å². The molecular weight excluding hydrogens is 585 g/mol. The van der Waals surface area contributed by atoms with Crippen LogP contribution >= 0.6 is 19.6 Å². The van der Waals surface area contributed by atoms with Gasteiger partial charge in [-0.2, -0.15) is 22.1 Å². The number of aromatic nitrogens is 3. The average Bonchev–Trinajstić information content (AvgIpc) is 3.63. The summed E-state index contributed by atoms with van der Waals surface area (Å²) in [7, 11) is -4.21. The van der Waals surface area contributed by atoms with E-state index in [2.05, 4.69) is 23.1 Å². The fraction of sp³-hybridized carbons (Fsp3) is 0.774. The van der Waals surface area contributed by atoms with Crippen molar-refractivity contribution >= 4 is 30.9 Å². The monoisotopic (exact) mass is 637 g/mol. The first-order valence-electron chi connectivity index (χ1n) is 16.3. The van der Waals surface area contributed by atoms with Crippen molar-refractivity contribution in [3.63, 3.8) is 0 Å². The highest BCUT2D eigenvalue weighted by atomic mass is 32.2. The minimum Gasteiger partial charge on any atom is -0.382 e. The van der Waals surface area contributed by atoms with E-state index in [4.69, 9.17) is 19.5 Å². The third kappa shape index (κ3) is 12.3. The summed E-state index contributed by atoms with van der Waals surface area (Å²) in [4.78, 5) is 14.1. The lowest BCUT2D eigenvalue weighted by molar-refractivity contribution is -0.0334. The lowest BCUT2D eigenvalue weighted by Crippen LogP contribution is -2.28. The normalized spacial score (nSPS) is 20.0. The molecular formula is C31H52N5O5PS. The molecule has 3 N–H and O–H groups in total. The molecule has 3 atom stereocenters. The molecule has 10 nitrogen and oxygen atoms in total. The Morgan fingerprint density at radius 3 is 2.33 bits per heavy atom. The Labute approximate surface area is 262 Å². The lowest BCUT2D eigenvalue weighted by atomic mass is 9.98. The molecule has 1 aliphatic rings. The molecule has 0 amide bonds. The van der Waals surface area contributed by atoms with Crippen LogP contribution in [0.1, 0.15) is 122 Å². The summed E-state index contributed by atoms with van der Waals surface area (Å²) in [6, 6.07) is 5.72. The largest absolute Gasteiger partial charge is 0.472 e. The number of nitrogen functional groups attached to an aromatic ring is 1. The minimum absolute atomic E-state index is 0.147. The summed E-state index contributed by atoms with van der Waals surface area (Å²) in [6.45, 7) is 2.28. The van der Waals surface area contributed by atoms with Crippen LogP contribution in [0, 0.1) is 11.3 Å². The first-order chi connectivity index (χ1) is 20.9. The maximum absolute atomic E-state index is 12.4. The zero-order chi connectivity index (χ0) is 30.8. The van der Waals surface area contributed by atoms with Crippen LogP contribution in [0.5, 0.6) is 0 Å². The summed E-state index contributed by atoms with van der Waals surface area (Å²) >= 11 is 1.86. The highest BCUT2D eigenvalue weighted by molar-refractivity contribution is 7.99. The number of rotatable bonds is 24. The predicted molar refractivity (Wildman–Crippen MR) is 173 cm³/mol. The number of unbranched alkanes of at least 4 members (excludes halogenated alkanes) is 13. The van der Waals surface area contributed by atoms with E-state index in [9.17, 15) is 14.7 Å². The number of phosphoric ester groups is 1. The van der Waals surface area contributed by atoms with Crippen LogP contribution < -0.4 is 5.73 Å². The molecule has 3 heterocycles. The molecule has 12 heteroatoms. The van der Waals surface area contributed by atoms with Crippen molar-refractivity contribution in [3.05, 3.63) is 24.2 Å². The van der Waals surface area contributed by atoms with Crippen molar-refractivity contribution in [2.45, 2.75) is 128 Å². The third-order valence-corrected chi connectivity index (χ3v) is 10.2. The van der Waals surface area contributed by atoms with E-state index in [1.807, 2.05) is 11.8 Å². The van der Waals surface area contributed by atoms with E-state index in [1.54, 1.807) is 16.6 Å². The topological polar surface area (TPSA) is 145 Å². The van der Waals surface area contributed by atoms with Gasteiger partial charge < -0.3 is 15.4 Å². The molecule has 3 rings (SSSR count). The molecule has 0 bridgehead atoms. The molecule has 0 aliphatic carbocycles. The third-order valence-electron chi connectivity index (χ3n) is 8.02. The molecule has 242 valence electrons. The molecule has 1 unspecified atom stereocenters. The number of nitrogens with two attached hydrogens (primary N) is 1. The van der Waals surface area contributed by atoms with Crippen molar-refractivity contribution in [2.75, 3.05) is 30.5 Å². The highest BCUT2D eigenvalue weighted by Gasteiger charge is 2.45. The van der Waals surface area contributed by atoms with E-state index >= 15 is 0 Å². The van der Waals surface area contributed by atoms with Gasteiger partial charge in [-0.1, -0.05) is 90.4 Å². The number of fused-ring (bicyclic) bond motifs is 1. The molecule has 1 saturated heterocycles. The van der Waals surface area contributed by atoms with Gasteiger partial charge in [0.2, 0.25) is 0 Å². The average molecular weight is 638 g/mol. The van der Waals surface area contributed by atoms with Gasteiger partial charge in [-0.3, -0.25) is 9.05 Å². The fourth-order valence-electron chi connectivity index (χ4n) is 5.53. The van der Waals surface area contributed by atoms with E-state index < -0.39 is 19.5 Å². The van der Waals surface area contributed by atoms with Crippen molar-refractivity contribution in [1.29, 1.82) is 5.26 Å². The van der Waals surface area contributed by atoms with Gasteiger partial charge in [0.1, 0.15) is 17.9 Å². The van der Waals surface area contributed by atoms with Crippen LogP contribution in [0.4, 0.5) is 5.82 Å². The number of hydrogen-bond acceptors (Lipinski definition) is 9. The summed E-state index contributed by atoms with van der Waals surface area (Å²) in [5.74, 6) is 2.30. The van der Waals surface area contributed by atoms with Gasteiger partial charge in [0.05, 0.1) is 25.0 Å². The molecule has 1 fully saturated rings. The number of nitrogens with zero attached hydrogens (tertiary/aromatic N) is 4. The lowest BCUT2D eigenvalue weighted by Gasteiger charge is -2.22. The molecule has 2 aromatic rings. The Hall–Kier alpha value is -1.67. The standard InChI is InChI=1S/C31H52N5O5PS/c1-2-3-4-5-6-7-8-9-10-11-12-13-14-15-22-43-23-16-21-39-42(37,38)40-24-27-19-20-31(25-32,41-27)29-18-17-28-30(33)34-26-35-36(28)29/h17-18,26-27H,2-16,19-24H2,1H3,(H,37,38)(H2,33,34,35)/t27-,31-/m0/s1. The molecule has 0 aromatic carbocycles. The molecule has 0 spiro atoms. The quantitative estimate of drug-likeness (QED) is 0.0859. The van der Waals surface area contributed by atoms with Crippen LogP contribution in [0.3, 0.4) is 0 Å². The summed E-state index contributed by atoms with van der Waals surface area (Å²) < 4.78 is 30.3. The Morgan fingerprint density at radius 2 is 1.67 bits per heavy atom. The fourth-order valence-corrected chi connectivity index (χ4v) is 7.25. The van der Waals surface area contributed by atoms with Gasteiger partial charge in [0.25, 0.3) is 0 Å². The SMILES string of the molecule is CCCCCCCCCCCCCCCCSCCCOP(=O)(O)OC[C@@H]1CC[C@](C#N)(c2ccc3c(N)ncnn23)O1. The van der Waals surface area contributed by atoms with Crippen LogP contribution in [0.2, 0.25) is 0 Å². The van der Waals surface area contributed by atoms with Crippen molar-refractivity contribution < 1.29 is 23.2 Å². The molecule has 2 aromatic heterocycles. The smallest absolute Gasteiger partial charge is 0.382 e. The number of ether oxygens (including phenoxy) is 1. The number of anilines is 1. The first kappa shape index (κ1) is 35.8. The number of hydrogen-bond donors (Lipinski definition) is 2. The van der Waals surface area contributed by atoms with Gasteiger partial charge in [0, 0.05) is 0 Å². The second kappa shape index (κ2) is 19.7. The Bertz CT molecular complexity index is 1160. The maximum Gasteiger partial charge on any atom is 0.472 e. The minimum atomic E-state index is -4.21. The summed E-state index contributed by atoms with van der Waals surface area (Å²) in [5.41, 5.74) is 5.78. The van der Waals surface area contributed by atoms with E-state index in [-0.39, 0.29) is 13.2 Å². The number of nitriles is 1. The van der Waals surface area contributed by atoms with E-state index in [0.29, 0.717) is 36.3 Å². The second-order valence-corrected chi connectivity index (χ2v) is 14.2. The molecule has 0 radical (unpaired) electrons. The van der Waals surface area contributed by atoms with Crippen LogP contribution in [0.25, 0.3) is 5.52 Å². The molecule has 1 aliphatic heterocycles. The molecule has 0 saturated carbocycles. The highest BCUT2D eigenvalue weighted by Crippen LogP contribution is 2.46. The summed E-state index contributed by atoms with van der Waals surface area (Å²) in [5, 5.41) is 14.2. The van der Waals surface area contributed by atoms with Gasteiger partial charge in [0.15, 0.2) is 11.4 Å². The summed E-state index contributed by atoms with van der Waals surface area (Å²) in [6.07, 6.45) is 21.4. The van der Waals surface area contributed by atoms with Crippen molar-refractivity contribution in [1.82, 2.24) is 14.6 Å². The van der Waals surface area contributed by atoms with Gasteiger partial charge in [-0.05, 0) is 49.3 Å². The number of phosphoric acid groups is 1. The second-order valence-electron chi connectivity index (χ2n) is 11.5. The first-order valence-corrected chi connectivity index (χ1v) is 18.9. The van der Waals surface area contributed by atoms with E-state index in [0.717, 1.165) is 11.5 Å². The Morgan fingerprint density at radius 1 is 1.05 bits per heavy atom. The van der Waals surface area contributed by atoms with Gasteiger partial charge >= 0.3 is 7.82 Å². The Balaban J connectivity index is 1.17. The van der Waals surface area contributed by atoms with Crippen LogP contribution in [-0.4, -0.2) is 50.3 Å². The Kier molecular flexibility index (Phi) is 16.4. The van der Waals surface area contributed by atoms with Crippen LogP contribution in [0.15, 0.2) is 18.5 Å². The zero-order valence-corrected chi connectivity index (χ0v) is 27.7. The van der Waals surface area contributed by atoms with Crippen molar-refractivity contribution in [2.24, 2.45) is 0 Å². The van der Waals surface area contributed by atoms with Crippen LogP contribution in [-0.2, 0) is 24.0 Å². The maximum atomic E-state index is 12.4. The van der Waals surface area contributed by atoms with E-state index in [1.165, 1.54) is 96.2 Å². The number of thioether (sulfide) groups is 1. The van der Waals surface area contributed by atoms with Gasteiger partial charge in [-0.15, -0.1) is 0 Å². The molecule has 43 heavy (non-hydrogen) atoms.